The van der Waals surface area contributed by atoms with Crippen molar-refractivity contribution in [3.8, 4) is 0 Å². The van der Waals surface area contributed by atoms with E-state index in [2.05, 4.69) is 15.9 Å². The van der Waals surface area contributed by atoms with Gasteiger partial charge in [-0.05, 0) is 38.0 Å². The number of rotatable bonds is 1. The summed E-state index contributed by atoms with van der Waals surface area (Å²) >= 11 is 2.87. The Hall–Kier alpha value is -1.04. The number of alkyl halides is 3. The number of likely N-dealkylation sites (tertiary alicyclic amines) is 1. The fraction of sp³-hybridized carbons (Fsp3) is 0.462. The predicted molar refractivity (Wildman–Crippen MR) is 68.9 cm³/mol. The smallest absolute Gasteiger partial charge is 0.336 e. The molecule has 2 rings (SSSR count). The largest absolute Gasteiger partial charge is 0.417 e. The molecule has 1 saturated heterocycles. The molecule has 0 aliphatic carbocycles. The first-order valence-electron chi connectivity index (χ1n) is 5.98. The predicted octanol–water partition coefficient (Wildman–Crippen LogP) is 4.09. The molecule has 2 nitrogen and oxygen atoms in total. The number of carbonyl (C=O) groups is 1. The van der Waals surface area contributed by atoms with Gasteiger partial charge < -0.3 is 4.90 Å². The highest BCUT2D eigenvalue weighted by molar-refractivity contribution is 9.10. The maximum Gasteiger partial charge on any atom is 0.417 e. The van der Waals surface area contributed by atoms with Gasteiger partial charge in [0.1, 0.15) is 0 Å². The average Bonchev–Trinajstić information content (AvgIpc) is 2.73. The SMILES string of the molecule is CC1CCCN1C(=O)c1ccc(Br)c(C(F)(F)F)c1. The Morgan fingerprint density at radius 1 is 1.42 bits per heavy atom. The lowest BCUT2D eigenvalue weighted by Crippen LogP contribution is -2.33. The minimum Gasteiger partial charge on any atom is -0.336 e. The van der Waals surface area contributed by atoms with Crippen LogP contribution >= 0.6 is 15.9 Å². The molecule has 0 saturated carbocycles. The fourth-order valence-electron chi connectivity index (χ4n) is 2.28. The number of amides is 1. The van der Waals surface area contributed by atoms with E-state index in [0.29, 0.717) is 6.54 Å². The summed E-state index contributed by atoms with van der Waals surface area (Å²) in [6.45, 7) is 2.52. The first-order valence-corrected chi connectivity index (χ1v) is 6.77. The summed E-state index contributed by atoms with van der Waals surface area (Å²) in [7, 11) is 0. The lowest BCUT2D eigenvalue weighted by atomic mass is 10.1. The van der Waals surface area contributed by atoms with E-state index in [4.69, 9.17) is 0 Å². The van der Waals surface area contributed by atoms with Crippen LogP contribution in [0.3, 0.4) is 0 Å². The lowest BCUT2D eigenvalue weighted by Gasteiger charge is -2.22. The van der Waals surface area contributed by atoms with E-state index in [0.717, 1.165) is 18.9 Å². The summed E-state index contributed by atoms with van der Waals surface area (Å²) in [5.74, 6) is -0.331. The first kappa shape index (κ1) is 14.4. The summed E-state index contributed by atoms with van der Waals surface area (Å²) in [5, 5.41) is 0. The van der Waals surface area contributed by atoms with Crippen molar-refractivity contribution in [2.75, 3.05) is 6.54 Å². The van der Waals surface area contributed by atoms with Crippen LogP contribution in [-0.2, 0) is 6.18 Å². The minimum absolute atomic E-state index is 0.0500. The van der Waals surface area contributed by atoms with Gasteiger partial charge in [0.15, 0.2) is 0 Å². The lowest BCUT2D eigenvalue weighted by molar-refractivity contribution is -0.138. The minimum atomic E-state index is -4.47. The van der Waals surface area contributed by atoms with Gasteiger partial charge in [-0.25, -0.2) is 0 Å². The second-order valence-electron chi connectivity index (χ2n) is 4.68. The Balaban J connectivity index is 2.33. The third-order valence-corrected chi connectivity index (χ3v) is 4.02. The number of carbonyl (C=O) groups excluding carboxylic acids is 1. The number of halogens is 4. The monoisotopic (exact) mass is 335 g/mol. The molecule has 104 valence electrons. The van der Waals surface area contributed by atoms with Gasteiger partial charge in [0.05, 0.1) is 5.56 Å². The van der Waals surface area contributed by atoms with Crippen molar-refractivity contribution in [1.29, 1.82) is 0 Å². The zero-order valence-corrected chi connectivity index (χ0v) is 11.9. The molecule has 19 heavy (non-hydrogen) atoms. The van der Waals surface area contributed by atoms with E-state index in [1.807, 2.05) is 6.92 Å². The van der Waals surface area contributed by atoms with Gasteiger partial charge in [0.2, 0.25) is 0 Å². The molecule has 1 fully saturated rings. The molecule has 1 aromatic carbocycles. The van der Waals surface area contributed by atoms with Crippen molar-refractivity contribution in [2.45, 2.75) is 32.0 Å². The molecule has 1 amide bonds. The second-order valence-corrected chi connectivity index (χ2v) is 5.54. The molecule has 1 unspecified atom stereocenters. The van der Waals surface area contributed by atoms with E-state index in [-0.39, 0.29) is 22.0 Å². The molecule has 1 aliphatic heterocycles. The van der Waals surface area contributed by atoms with Crippen LogP contribution in [0, 0.1) is 0 Å². The quantitative estimate of drug-likeness (QED) is 0.756. The molecular formula is C13H13BrF3NO. The number of nitrogens with zero attached hydrogens (tertiary/aromatic N) is 1. The van der Waals surface area contributed by atoms with Gasteiger partial charge in [-0.3, -0.25) is 4.79 Å². The molecular weight excluding hydrogens is 323 g/mol. The molecule has 6 heteroatoms. The molecule has 0 radical (unpaired) electrons. The summed E-state index contributed by atoms with van der Waals surface area (Å²) in [6.07, 6.45) is -2.67. The zero-order chi connectivity index (χ0) is 14.2. The van der Waals surface area contributed by atoms with Gasteiger partial charge in [-0.1, -0.05) is 15.9 Å². The Labute approximate surface area is 117 Å². The fourth-order valence-corrected chi connectivity index (χ4v) is 2.75. The summed E-state index contributed by atoms with van der Waals surface area (Å²) < 4.78 is 38.3. The van der Waals surface area contributed by atoms with Crippen molar-refractivity contribution in [3.05, 3.63) is 33.8 Å². The Bertz CT molecular complexity index is 501. The maximum absolute atomic E-state index is 12.8. The Morgan fingerprint density at radius 2 is 2.11 bits per heavy atom. The third kappa shape index (κ3) is 2.94. The van der Waals surface area contributed by atoms with Crippen LogP contribution in [-0.4, -0.2) is 23.4 Å². The highest BCUT2D eigenvalue weighted by Gasteiger charge is 2.34. The molecule has 0 aromatic heterocycles. The molecule has 1 aromatic rings. The number of hydrogen-bond acceptors (Lipinski definition) is 1. The summed E-state index contributed by atoms with van der Waals surface area (Å²) in [4.78, 5) is 13.8. The Morgan fingerprint density at radius 3 is 2.63 bits per heavy atom. The van der Waals surface area contributed by atoms with Crippen molar-refractivity contribution in [1.82, 2.24) is 4.90 Å². The van der Waals surface area contributed by atoms with E-state index < -0.39 is 11.7 Å². The number of hydrogen-bond donors (Lipinski definition) is 0. The van der Waals surface area contributed by atoms with Crippen LogP contribution in [0.15, 0.2) is 22.7 Å². The second kappa shape index (κ2) is 5.15. The van der Waals surface area contributed by atoms with E-state index in [1.54, 1.807) is 4.90 Å². The summed E-state index contributed by atoms with van der Waals surface area (Å²) in [6, 6.07) is 3.70. The van der Waals surface area contributed by atoms with Crippen molar-refractivity contribution in [2.24, 2.45) is 0 Å². The Kier molecular flexibility index (Phi) is 3.90. The van der Waals surface area contributed by atoms with Gasteiger partial charge >= 0.3 is 6.18 Å². The van der Waals surface area contributed by atoms with Gasteiger partial charge in [0, 0.05) is 22.6 Å². The van der Waals surface area contributed by atoms with Crippen LogP contribution in [0.1, 0.15) is 35.7 Å². The molecule has 1 atom stereocenters. The van der Waals surface area contributed by atoms with Gasteiger partial charge in [0.25, 0.3) is 5.91 Å². The van der Waals surface area contributed by atoms with Crippen LogP contribution in [0.5, 0.6) is 0 Å². The van der Waals surface area contributed by atoms with Crippen molar-refractivity contribution >= 4 is 21.8 Å². The van der Waals surface area contributed by atoms with Crippen molar-refractivity contribution in [3.63, 3.8) is 0 Å². The average molecular weight is 336 g/mol. The van der Waals surface area contributed by atoms with Crippen LogP contribution in [0.2, 0.25) is 0 Å². The van der Waals surface area contributed by atoms with Gasteiger partial charge in [-0.15, -0.1) is 0 Å². The highest BCUT2D eigenvalue weighted by atomic mass is 79.9. The van der Waals surface area contributed by atoms with Crippen LogP contribution in [0.4, 0.5) is 13.2 Å². The molecule has 0 N–H and O–H groups in total. The van der Waals surface area contributed by atoms with Crippen molar-refractivity contribution < 1.29 is 18.0 Å². The van der Waals surface area contributed by atoms with E-state index in [1.165, 1.54) is 12.1 Å². The van der Waals surface area contributed by atoms with Gasteiger partial charge in [-0.2, -0.15) is 13.2 Å². The van der Waals surface area contributed by atoms with Crippen LogP contribution in [0.25, 0.3) is 0 Å². The molecule has 0 bridgehead atoms. The molecule has 0 spiro atoms. The molecule has 1 aliphatic rings. The highest BCUT2D eigenvalue weighted by Crippen LogP contribution is 2.35. The standard InChI is InChI=1S/C13H13BrF3NO/c1-8-3-2-6-18(8)12(19)9-4-5-11(14)10(7-9)13(15,16)17/h4-5,7-8H,2-3,6H2,1H3. The summed E-state index contributed by atoms with van der Waals surface area (Å²) in [5.41, 5.74) is -0.727. The topological polar surface area (TPSA) is 20.3 Å². The number of benzene rings is 1. The van der Waals surface area contributed by atoms with E-state index in [9.17, 15) is 18.0 Å². The third-order valence-electron chi connectivity index (χ3n) is 3.33. The first-order chi connectivity index (χ1) is 8.80. The molecule has 1 heterocycles. The normalized spacial score (nSPS) is 19.8. The van der Waals surface area contributed by atoms with Crippen LogP contribution < -0.4 is 0 Å². The zero-order valence-electron chi connectivity index (χ0n) is 10.3. The maximum atomic E-state index is 12.8. The van der Waals surface area contributed by atoms with E-state index >= 15 is 0 Å².